The maximum atomic E-state index is 13.2. The van der Waals surface area contributed by atoms with Crippen molar-refractivity contribution in [1.82, 2.24) is 25.0 Å². The third kappa shape index (κ3) is 3.24. The highest BCUT2D eigenvalue weighted by atomic mass is 19.3. The molecule has 7 nitrogen and oxygen atoms in total. The van der Waals surface area contributed by atoms with Crippen molar-refractivity contribution in [2.24, 2.45) is 7.05 Å². The number of H-pyrrole nitrogens is 1. The minimum absolute atomic E-state index is 0.0160. The van der Waals surface area contributed by atoms with Crippen LogP contribution in [0.5, 0.6) is 0 Å². The van der Waals surface area contributed by atoms with Crippen LogP contribution in [-0.4, -0.2) is 30.9 Å². The topological polar surface area (TPSA) is 88.5 Å². The normalized spacial score (nSPS) is 11.4. The second kappa shape index (κ2) is 7.08. The number of carbonyl (C=O) groups excluding carboxylic acids is 1. The summed E-state index contributed by atoms with van der Waals surface area (Å²) in [6.45, 7) is 3.35. The van der Waals surface area contributed by atoms with E-state index in [9.17, 15) is 13.6 Å². The van der Waals surface area contributed by atoms with Crippen molar-refractivity contribution >= 4 is 22.6 Å². The monoisotopic (exact) mass is 396 g/mol. The number of hydrogen-bond donors (Lipinski definition) is 2. The molecule has 148 valence electrons. The summed E-state index contributed by atoms with van der Waals surface area (Å²) in [6, 6.07) is 11.1. The lowest BCUT2D eigenvalue weighted by atomic mass is 10.0. The highest BCUT2D eigenvalue weighted by molar-refractivity contribution is 6.13. The molecular formula is C20H18F2N6O. The van der Waals surface area contributed by atoms with Crippen molar-refractivity contribution < 1.29 is 13.6 Å². The van der Waals surface area contributed by atoms with Gasteiger partial charge in [0.1, 0.15) is 0 Å². The number of nitrogens with one attached hydrogen (secondary N) is 2. The zero-order valence-electron chi connectivity index (χ0n) is 16.0. The van der Waals surface area contributed by atoms with Crippen molar-refractivity contribution in [1.29, 1.82) is 0 Å². The van der Waals surface area contributed by atoms with Crippen LogP contribution in [0.1, 0.15) is 33.9 Å². The van der Waals surface area contributed by atoms with Gasteiger partial charge < -0.3 is 5.32 Å². The summed E-state index contributed by atoms with van der Waals surface area (Å²) in [4.78, 5) is 17.8. The number of aromatic amines is 1. The molecule has 0 aliphatic carbocycles. The standard InChI is InChI=1S/C20H18F2N6O/c1-10-15-13(20(29)24-16-11(2)25-26-17(16)18(21)22)9-14(12-7-5-4-6-8-12)23-19(15)28(3)27-10/h4-9,18H,1-3H3,(H,24,29)(H,25,26). The Morgan fingerprint density at radius 2 is 1.93 bits per heavy atom. The Labute approximate surface area is 164 Å². The number of anilines is 1. The first-order valence-corrected chi connectivity index (χ1v) is 8.91. The van der Waals surface area contributed by atoms with Gasteiger partial charge in [0.15, 0.2) is 11.3 Å². The molecule has 1 aromatic carbocycles. The van der Waals surface area contributed by atoms with E-state index in [2.05, 4.69) is 25.6 Å². The van der Waals surface area contributed by atoms with Gasteiger partial charge in [-0.15, -0.1) is 0 Å². The maximum Gasteiger partial charge on any atom is 0.284 e. The lowest BCUT2D eigenvalue weighted by molar-refractivity contribution is 0.102. The zero-order chi connectivity index (χ0) is 20.7. The number of aromatic nitrogens is 5. The summed E-state index contributed by atoms with van der Waals surface area (Å²) < 4.78 is 28.1. The average molecular weight is 396 g/mol. The van der Waals surface area contributed by atoms with E-state index >= 15 is 0 Å². The molecule has 0 spiro atoms. The number of rotatable bonds is 4. The molecule has 0 radical (unpaired) electrons. The fraction of sp³-hybridized carbons (Fsp3) is 0.200. The summed E-state index contributed by atoms with van der Waals surface area (Å²) in [7, 11) is 1.74. The molecule has 0 aliphatic heterocycles. The molecule has 3 heterocycles. The van der Waals surface area contributed by atoms with Gasteiger partial charge in [-0.25, -0.2) is 13.8 Å². The van der Waals surface area contributed by atoms with Crippen LogP contribution in [0.15, 0.2) is 36.4 Å². The Kier molecular flexibility index (Phi) is 4.57. The first-order chi connectivity index (χ1) is 13.9. The van der Waals surface area contributed by atoms with E-state index in [-0.39, 0.29) is 5.69 Å². The number of nitrogens with zero attached hydrogens (tertiary/aromatic N) is 4. The number of benzene rings is 1. The summed E-state index contributed by atoms with van der Waals surface area (Å²) in [6.07, 6.45) is -2.81. The van der Waals surface area contributed by atoms with Gasteiger partial charge in [0.25, 0.3) is 12.3 Å². The Hall–Kier alpha value is -3.62. The van der Waals surface area contributed by atoms with Crippen LogP contribution in [-0.2, 0) is 7.05 Å². The minimum Gasteiger partial charge on any atom is -0.319 e. The van der Waals surface area contributed by atoms with Crippen LogP contribution < -0.4 is 5.32 Å². The fourth-order valence-electron chi connectivity index (χ4n) is 3.33. The SMILES string of the molecule is Cc1[nH]nc(C(F)F)c1NC(=O)c1cc(-c2ccccc2)nc2c1c(C)nn2C. The molecule has 29 heavy (non-hydrogen) atoms. The largest absolute Gasteiger partial charge is 0.319 e. The van der Waals surface area contributed by atoms with E-state index in [1.54, 1.807) is 31.6 Å². The number of alkyl halides is 2. The minimum atomic E-state index is -2.81. The second-order valence-corrected chi connectivity index (χ2v) is 6.69. The van der Waals surface area contributed by atoms with E-state index < -0.39 is 18.0 Å². The Balaban J connectivity index is 1.86. The van der Waals surface area contributed by atoms with Crippen molar-refractivity contribution in [2.75, 3.05) is 5.32 Å². The Bertz CT molecular complexity index is 1210. The average Bonchev–Trinajstić information content (AvgIpc) is 3.21. The van der Waals surface area contributed by atoms with Gasteiger partial charge in [-0.05, 0) is 19.9 Å². The van der Waals surface area contributed by atoms with E-state index in [0.717, 1.165) is 5.56 Å². The van der Waals surface area contributed by atoms with Crippen molar-refractivity contribution in [3.8, 4) is 11.3 Å². The zero-order valence-corrected chi connectivity index (χ0v) is 16.0. The van der Waals surface area contributed by atoms with Gasteiger partial charge in [-0.1, -0.05) is 30.3 Å². The van der Waals surface area contributed by atoms with Gasteiger partial charge in [0.05, 0.1) is 33.7 Å². The molecule has 4 aromatic rings. The molecule has 9 heteroatoms. The number of amides is 1. The van der Waals surface area contributed by atoms with E-state index in [1.165, 1.54) is 0 Å². The molecule has 2 N–H and O–H groups in total. The van der Waals surface area contributed by atoms with E-state index in [1.807, 2.05) is 30.3 Å². The molecule has 3 aromatic heterocycles. The molecule has 0 atom stereocenters. The van der Waals surface area contributed by atoms with Gasteiger partial charge in [0.2, 0.25) is 0 Å². The number of aryl methyl sites for hydroxylation is 3. The Morgan fingerprint density at radius 3 is 2.62 bits per heavy atom. The lowest BCUT2D eigenvalue weighted by Gasteiger charge is -2.10. The van der Waals surface area contributed by atoms with Crippen LogP contribution in [0.4, 0.5) is 14.5 Å². The summed E-state index contributed by atoms with van der Waals surface area (Å²) in [5.41, 5.74) is 2.72. The third-order valence-electron chi connectivity index (χ3n) is 4.70. The molecule has 0 unspecified atom stereocenters. The van der Waals surface area contributed by atoms with Gasteiger partial charge in [0, 0.05) is 12.6 Å². The number of hydrogen-bond acceptors (Lipinski definition) is 4. The van der Waals surface area contributed by atoms with Crippen LogP contribution in [0.25, 0.3) is 22.3 Å². The van der Waals surface area contributed by atoms with E-state index in [4.69, 9.17) is 0 Å². The molecule has 0 saturated carbocycles. The van der Waals surface area contributed by atoms with Crippen LogP contribution >= 0.6 is 0 Å². The van der Waals surface area contributed by atoms with Crippen LogP contribution in [0.2, 0.25) is 0 Å². The van der Waals surface area contributed by atoms with E-state index in [0.29, 0.717) is 33.7 Å². The third-order valence-corrected chi connectivity index (χ3v) is 4.70. The number of pyridine rings is 1. The molecular weight excluding hydrogens is 378 g/mol. The van der Waals surface area contributed by atoms with Gasteiger partial charge >= 0.3 is 0 Å². The number of carbonyl (C=O) groups is 1. The predicted octanol–water partition coefficient (Wildman–Crippen LogP) is 4.17. The fourth-order valence-corrected chi connectivity index (χ4v) is 3.33. The maximum absolute atomic E-state index is 13.2. The molecule has 0 fully saturated rings. The number of halogens is 2. The smallest absolute Gasteiger partial charge is 0.284 e. The first kappa shape index (κ1) is 18.7. The Morgan fingerprint density at radius 1 is 1.21 bits per heavy atom. The molecule has 0 bridgehead atoms. The summed E-state index contributed by atoms with van der Waals surface area (Å²) in [5, 5.41) is 13.6. The van der Waals surface area contributed by atoms with Gasteiger partial charge in [-0.2, -0.15) is 10.2 Å². The van der Waals surface area contributed by atoms with Crippen LogP contribution in [0, 0.1) is 13.8 Å². The summed E-state index contributed by atoms with van der Waals surface area (Å²) in [5.74, 6) is -0.530. The molecule has 1 amide bonds. The first-order valence-electron chi connectivity index (χ1n) is 8.91. The van der Waals surface area contributed by atoms with Gasteiger partial charge in [-0.3, -0.25) is 14.6 Å². The van der Waals surface area contributed by atoms with Crippen molar-refractivity contribution in [2.45, 2.75) is 20.3 Å². The van der Waals surface area contributed by atoms with Crippen molar-refractivity contribution in [3.63, 3.8) is 0 Å². The van der Waals surface area contributed by atoms with Crippen LogP contribution in [0.3, 0.4) is 0 Å². The molecule has 4 rings (SSSR count). The number of fused-ring (bicyclic) bond motifs is 1. The molecule has 0 saturated heterocycles. The van der Waals surface area contributed by atoms with Crippen molar-refractivity contribution in [3.05, 3.63) is 59.0 Å². The molecule has 0 aliphatic rings. The lowest BCUT2D eigenvalue weighted by Crippen LogP contribution is -2.15. The summed E-state index contributed by atoms with van der Waals surface area (Å²) >= 11 is 0. The highest BCUT2D eigenvalue weighted by Gasteiger charge is 2.24. The second-order valence-electron chi connectivity index (χ2n) is 6.69. The quantitative estimate of drug-likeness (QED) is 0.542. The predicted molar refractivity (Wildman–Crippen MR) is 105 cm³/mol. The highest BCUT2D eigenvalue weighted by Crippen LogP contribution is 2.30.